The van der Waals surface area contributed by atoms with Crippen LogP contribution in [0.15, 0.2) is 72.5 Å². The molecule has 29 heavy (non-hydrogen) atoms. The maximum atomic E-state index is 13.0. The van der Waals surface area contributed by atoms with Crippen molar-refractivity contribution < 1.29 is 23.6 Å². The molecule has 0 spiro atoms. The topological polar surface area (TPSA) is 78.7 Å². The Labute approximate surface area is 165 Å². The number of carbonyl (C=O) groups excluding carboxylic acids is 1. The fourth-order valence-electron chi connectivity index (χ4n) is 2.85. The Morgan fingerprint density at radius 3 is 2.45 bits per heavy atom. The number of Topliss-reactive ketones (excluding diaryl/α,β-unsaturated/α-hetero) is 1. The van der Waals surface area contributed by atoms with Gasteiger partial charge >= 0.3 is 0 Å². The van der Waals surface area contributed by atoms with Crippen LogP contribution in [0.4, 0.5) is 10.1 Å². The van der Waals surface area contributed by atoms with Crippen molar-refractivity contribution in [1.82, 2.24) is 0 Å². The highest BCUT2D eigenvalue weighted by atomic mass is 19.1. The van der Waals surface area contributed by atoms with E-state index in [4.69, 9.17) is 9.47 Å². The van der Waals surface area contributed by atoms with Gasteiger partial charge in [0, 0.05) is 18.2 Å². The number of nitro benzene ring substituents is 1. The lowest BCUT2D eigenvalue weighted by molar-refractivity contribution is -0.384. The van der Waals surface area contributed by atoms with E-state index in [1.165, 1.54) is 24.3 Å². The van der Waals surface area contributed by atoms with E-state index in [1.54, 1.807) is 48.5 Å². The highest BCUT2D eigenvalue weighted by molar-refractivity contribution is 6.14. The number of non-ortho nitro benzene ring substituents is 1. The van der Waals surface area contributed by atoms with E-state index >= 15 is 0 Å². The monoisotopic (exact) mass is 391 g/mol. The first-order valence-corrected chi connectivity index (χ1v) is 8.69. The van der Waals surface area contributed by atoms with E-state index in [9.17, 15) is 19.3 Å². The standard InChI is InChI=1S/C22H14FNO5/c23-16-5-1-14(2-6-16)11-21-22(25)19-10-9-18(12-20(19)29-21)28-13-15-3-7-17(8-4-15)24(26)27/h1-12H,13H2/b21-11-. The molecule has 0 amide bonds. The predicted molar refractivity (Wildman–Crippen MR) is 103 cm³/mol. The van der Waals surface area contributed by atoms with Crippen LogP contribution in [0.3, 0.4) is 0 Å². The van der Waals surface area contributed by atoms with E-state index in [0.717, 1.165) is 5.56 Å². The van der Waals surface area contributed by atoms with Gasteiger partial charge in [0.15, 0.2) is 5.76 Å². The smallest absolute Gasteiger partial charge is 0.269 e. The van der Waals surface area contributed by atoms with Gasteiger partial charge < -0.3 is 9.47 Å². The normalized spacial score (nSPS) is 13.8. The maximum Gasteiger partial charge on any atom is 0.269 e. The molecule has 0 atom stereocenters. The van der Waals surface area contributed by atoms with Gasteiger partial charge in [-0.15, -0.1) is 0 Å². The average molecular weight is 391 g/mol. The minimum atomic E-state index is -0.462. The van der Waals surface area contributed by atoms with E-state index in [-0.39, 0.29) is 29.7 Å². The van der Waals surface area contributed by atoms with Crippen LogP contribution in [0.2, 0.25) is 0 Å². The summed E-state index contributed by atoms with van der Waals surface area (Å²) < 4.78 is 24.4. The highest BCUT2D eigenvalue weighted by Crippen LogP contribution is 2.35. The summed E-state index contributed by atoms with van der Waals surface area (Å²) in [5.41, 5.74) is 1.85. The molecule has 3 aromatic carbocycles. The number of halogens is 1. The summed E-state index contributed by atoms with van der Waals surface area (Å²) in [6.07, 6.45) is 1.55. The van der Waals surface area contributed by atoms with E-state index in [1.807, 2.05) is 0 Å². The van der Waals surface area contributed by atoms with Gasteiger partial charge in [0.1, 0.15) is 23.9 Å². The third-order valence-electron chi connectivity index (χ3n) is 4.36. The lowest BCUT2D eigenvalue weighted by atomic mass is 10.1. The van der Waals surface area contributed by atoms with E-state index in [0.29, 0.717) is 22.6 Å². The first kappa shape index (κ1) is 18.4. The predicted octanol–water partition coefficient (Wildman–Crippen LogP) is 4.93. The number of nitro groups is 1. The highest BCUT2D eigenvalue weighted by Gasteiger charge is 2.27. The zero-order valence-corrected chi connectivity index (χ0v) is 15.0. The van der Waals surface area contributed by atoms with Crippen molar-refractivity contribution in [3.8, 4) is 11.5 Å². The quantitative estimate of drug-likeness (QED) is 0.350. The number of hydrogen-bond donors (Lipinski definition) is 0. The average Bonchev–Trinajstić information content (AvgIpc) is 3.03. The second-order valence-corrected chi connectivity index (χ2v) is 6.36. The summed E-state index contributed by atoms with van der Waals surface area (Å²) in [7, 11) is 0. The second kappa shape index (κ2) is 7.55. The van der Waals surface area contributed by atoms with Crippen molar-refractivity contribution in [2.24, 2.45) is 0 Å². The Morgan fingerprint density at radius 1 is 1.03 bits per heavy atom. The van der Waals surface area contributed by atoms with E-state index < -0.39 is 4.92 Å². The molecule has 0 N–H and O–H groups in total. The third kappa shape index (κ3) is 3.98. The number of fused-ring (bicyclic) bond motifs is 1. The number of hydrogen-bond acceptors (Lipinski definition) is 5. The Hall–Kier alpha value is -4.00. The number of rotatable bonds is 5. The van der Waals surface area contributed by atoms with Gasteiger partial charge in [-0.3, -0.25) is 14.9 Å². The van der Waals surface area contributed by atoms with Gasteiger partial charge in [0.05, 0.1) is 10.5 Å². The van der Waals surface area contributed by atoms with Crippen LogP contribution in [0.5, 0.6) is 11.5 Å². The minimum Gasteiger partial charge on any atom is -0.489 e. The molecule has 1 aliphatic heterocycles. The summed E-state index contributed by atoms with van der Waals surface area (Å²) in [4.78, 5) is 22.7. The van der Waals surface area contributed by atoms with Gasteiger partial charge in [-0.2, -0.15) is 0 Å². The van der Waals surface area contributed by atoms with Gasteiger partial charge in [0.25, 0.3) is 5.69 Å². The first-order valence-electron chi connectivity index (χ1n) is 8.69. The third-order valence-corrected chi connectivity index (χ3v) is 4.36. The van der Waals surface area contributed by atoms with Crippen LogP contribution in [-0.4, -0.2) is 10.7 Å². The molecule has 0 saturated carbocycles. The van der Waals surface area contributed by atoms with Crippen LogP contribution in [0.25, 0.3) is 6.08 Å². The molecule has 6 nitrogen and oxygen atoms in total. The summed E-state index contributed by atoms with van der Waals surface area (Å²) >= 11 is 0. The molecule has 0 radical (unpaired) electrons. The lowest BCUT2D eigenvalue weighted by Crippen LogP contribution is -1.98. The number of benzene rings is 3. The summed E-state index contributed by atoms with van der Waals surface area (Å²) in [5.74, 6) is 0.414. The molecule has 0 saturated heterocycles. The largest absolute Gasteiger partial charge is 0.489 e. The fraction of sp³-hybridized carbons (Fsp3) is 0.0455. The molecule has 0 aromatic heterocycles. The van der Waals surface area contributed by atoms with Crippen LogP contribution >= 0.6 is 0 Å². The summed E-state index contributed by atoms with van der Waals surface area (Å²) in [5, 5.41) is 10.7. The zero-order valence-electron chi connectivity index (χ0n) is 15.0. The maximum absolute atomic E-state index is 13.0. The molecule has 0 fully saturated rings. The molecule has 144 valence electrons. The fourth-order valence-corrected chi connectivity index (χ4v) is 2.85. The molecule has 0 aliphatic carbocycles. The molecule has 4 rings (SSSR count). The molecule has 0 unspecified atom stereocenters. The Bertz CT molecular complexity index is 1120. The number of carbonyl (C=O) groups is 1. The van der Waals surface area contributed by atoms with Crippen molar-refractivity contribution in [3.63, 3.8) is 0 Å². The van der Waals surface area contributed by atoms with Crippen LogP contribution in [-0.2, 0) is 6.61 Å². The molecule has 1 heterocycles. The number of nitrogens with zero attached hydrogens (tertiary/aromatic N) is 1. The lowest BCUT2D eigenvalue weighted by Gasteiger charge is -2.07. The van der Waals surface area contributed by atoms with Gasteiger partial charge in [-0.25, -0.2) is 4.39 Å². The van der Waals surface area contributed by atoms with Crippen molar-refractivity contribution in [2.75, 3.05) is 0 Å². The summed E-state index contributed by atoms with van der Waals surface area (Å²) in [6.45, 7) is 0.211. The summed E-state index contributed by atoms with van der Waals surface area (Å²) in [6, 6.07) is 16.7. The van der Waals surface area contributed by atoms with Crippen LogP contribution in [0, 0.1) is 15.9 Å². The van der Waals surface area contributed by atoms with Crippen molar-refractivity contribution in [2.45, 2.75) is 6.61 Å². The Balaban J connectivity index is 1.47. The Morgan fingerprint density at radius 2 is 1.76 bits per heavy atom. The zero-order chi connectivity index (χ0) is 20.4. The molecule has 1 aliphatic rings. The Kier molecular flexibility index (Phi) is 4.78. The first-order chi connectivity index (χ1) is 14.0. The van der Waals surface area contributed by atoms with E-state index in [2.05, 4.69) is 0 Å². The SMILES string of the molecule is O=C1/C(=C/c2ccc(F)cc2)Oc2cc(OCc3ccc([N+](=O)[O-])cc3)ccc21. The molecule has 3 aromatic rings. The van der Waals surface area contributed by atoms with Crippen LogP contribution < -0.4 is 9.47 Å². The minimum absolute atomic E-state index is 0.0127. The van der Waals surface area contributed by atoms with Crippen molar-refractivity contribution in [3.05, 3.63) is 105 Å². The molecular weight excluding hydrogens is 377 g/mol. The van der Waals surface area contributed by atoms with Crippen molar-refractivity contribution in [1.29, 1.82) is 0 Å². The van der Waals surface area contributed by atoms with Crippen molar-refractivity contribution >= 4 is 17.5 Å². The van der Waals surface area contributed by atoms with Gasteiger partial charge in [-0.05, 0) is 53.6 Å². The number of allylic oxidation sites excluding steroid dienone is 1. The number of ketones is 1. The van der Waals surface area contributed by atoms with Gasteiger partial charge in [-0.1, -0.05) is 12.1 Å². The van der Waals surface area contributed by atoms with Gasteiger partial charge in [0.2, 0.25) is 5.78 Å². The molecule has 7 heteroatoms. The second-order valence-electron chi connectivity index (χ2n) is 6.36. The van der Waals surface area contributed by atoms with Crippen LogP contribution in [0.1, 0.15) is 21.5 Å². The number of ether oxygens (including phenoxy) is 2. The molecular formula is C22H14FNO5. The molecule has 0 bridgehead atoms.